The van der Waals surface area contributed by atoms with E-state index in [-0.39, 0.29) is 5.92 Å². The van der Waals surface area contributed by atoms with Gasteiger partial charge in [-0.05, 0) is 18.1 Å². The van der Waals surface area contributed by atoms with Gasteiger partial charge in [0.2, 0.25) is 0 Å². The predicted octanol–water partition coefficient (Wildman–Crippen LogP) is 2.04. The first-order valence-corrected chi connectivity index (χ1v) is 8.45. The van der Waals surface area contributed by atoms with Crippen LogP contribution in [0.4, 0.5) is 11.5 Å². The van der Waals surface area contributed by atoms with Gasteiger partial charge in [0.05, 0.1) is 16.8 Å². The van der Waals surface area contributed by atoms with Gasteiger partial charge in [-0.1, -0.05) is 26.0 Å². The zero-order chi connectivity index (χ0) is 18.7. The molecule has 0 bridgehead atoms. The summed E-state index contributed by atoms with van der Waals surface area (Å²) in [5.41, 5.74) is 0.634. The van der Waals surface area contributed by atoms with Crippen LogP contribution < -0.4 is 22.2 Å². The summed E-state index contributed by atoms with van der Waals surface area (Å²) in [5.74, 6) is -0.0727. The Balaban J connectivity index is 2.20. The second-order valence-electron chi connectivity index (χ2n) is 6.99. The lowest BCUT2D eigenvalue weighted by Crippen LogP contribution is -2.43. The maximum Gasteiger partial charge on any atom is 0.342 e. The molecule has 4 rings (SSSR count). The minimum absolute atomic E-state index is 0.0381. The Hall–Kier alpha value is -3.09. The van der Waals surface area contributed by atoms with E-state index in [1.807, 2.05) is 26.0 Å². The van der Waals surface area contributed by atoms with E-state index in [1.54, 1.807) is 19.2 Å². The van der Waals surface area contributed by atoms with Crippen LogP contribution in [0, 0.1) is 5.92 Å². The minimum Gasteiger partial charge on any atom is -0.422 e. The number of anilines is 2. The number of nitrogens with zero attached hydrogens (tertiary/aromatic N) is 2. The van der Waals surface area contributed by atoms with Crippen LogP contribution in [0.25, 0.3) is 11.0 Å². The summed E-state index contributed by atoms with van der Waals surface area (Å²) in [6.45, 7) is 3.89. The van der Waals surface area contributed by atoms with E-state index in [4.69, 9.17) is 4.42 Å². The van der Waals surface area contributed by atoms with Gasteiger partial charge in [-0.25, -0.2) is 9.59 Å². The van der Waals surface area contributed by atoms with Crippen molar-refractivity contribution in [3.63, 3.8) is 0 Å². The van der Waals surface area contributed by atoms with Crippen LogP contribution in [-0.4, -0.2) is 9.13 Å². The van der Waals surface area contributed by atoms with Crippen LogP contribution in [0.5, 0.6) is 0 Å². The molecule has 3 aromatic rings. The van der Waals surface area contributed by atoms with Crippen molar-refractivity contribution in [2.45, 2.75) is 19.8 Å². The third kappa shape index (κ3) is 2.03. The highest BCUT2D eigenvalue weighted by Crippen LogP contribution is 2.43. The molecular weight excluding hydrogens is 334 g/mol. The van der Waals surface area contributed by atoms with Crippen LogP contribution in [0.15, 0.2) is 43.1 Å². The number of rotatable bonds is 1. The van der Waals surface area contributed by atoms with Gasteiger partial charge in [0.25, 0.3) is 5.56 Å². The average Bonchev–Trinajstić information content (AvgIpc) is 2.63. The van der Waals surface area contributed by atoms with Gasteiger partial charge in [-0.3, -0.25) is 13.9 Å². The molecule has 0 fully saturated rings. The monoisotopic (exact) mass is 353 g/mol. The molecule has 134 valence electrons. The summed E-state index contributed by atoms with van der Waals surface area (Å²) < 4.78 is 7.99. The maximum atomic E-state index is 12.9. The predicted molar refractivity (Wildman–Crippen MR) is 99.4 cm³/mol. The fourth-order valence-corrected chi connectivity index (χ4v) is 3.81. The lowest BCUT2D eigenvalue weighted by atomic mass is 9.80. The quantitative estimate of drug-likeness (QED) is 0.677. The van der Waals surface area contributed by atoms with Crippen LogP contribution in [-0.2, 0) is 14.1 Å². The van der Waals surface area contributed by atoms with Crippen molar-refractivity contribution in [1.29, 1.82) is 0 Å². The Morgan fingerprint density at radius 2 is 1.73 bits per heavy atom. The summed E-state index contributed by atoms with van der Waals surface area (Å²) in [5, 5.41) is 3.92. The second kappa shape index (κ2) is 5.45. The van der Waals surface area contributed by atoms with Gasteiger partial charge >= 0.3 is 11.3 Å². The van der Waals surface area contributed by atoms with Gasteiger partial charge in [-0.15, -0.1) is 0 Å². The Labute approximate surface area is 148 Å². The minimum atomic E-state index is -0.466. The molecule has 0 saturated carbocycles. The van der Waals surface area contributed by atoms with E-state index in [1.165, 1.54) is 11.6 Å². The highest BCUT2D eigenvalue weighted by atomic mass is 16.4. The topological polar surface area (TPSA) is 86.2 Å². The van der Waals surface area contributed by atoms with Crippen LogP contribution >= 0.6 is 0 Å². The number of aromatic nitrogens is 2. The lowest BCUT2D eigenvalue weighted by molar-refractivity contribution is 0.496. The van der Waals surface area contributed by atoms with Crippen molar-refractivity contribution >= 4 is 22.5 Å². The molecule has 0 radical (unpaired) electrons. The Morgan fingerprint density at radius 1 is 1.04 bits per heavy atom. The molecule has 7 heteroatoms. The SMILES string of the molecule is CC(C)C1c2c(c3ccccc3oc2=O)Nc2c1c(=O)n(C)c(=O)n2C. The molecule has 1 atom stereocenters. The summed E-state index contributed by atoms with van der Waals surface area (Å²) >= 11 is 0. The van der Waals surface area contributed by atoms with Crippen LogP contribution in [0.3, 0.4) is 0 Å². The van der Waals surface area contributed by atoms with E-state index in [0.717, 1.165) is 9.95 Å². The summed E-state index contributed by atoms with van der Waals surface area (Å²) in [6, 6.07) is 7.22. The van der Waals surface area contributed by atoms with E-state index in [9.17, 15) is 14.4 Å². The number of fused-ring (bicyclic) bond motifs is 4. The third-order valence-electron chi connectivity index (χ3n) is 5.08. The lowest BCUT2D eigenvalue weighted by Gasteiger charge is -2.31. The van der Waals surface area contributed by atoms with Crippen molar-refractivity contribution in [2.24, 2.45) is 20.0 Å². The number of hydrogen-bond donors (Lipinski definition) is 1. The molecule has 1 unspecified atom stereocenters. The first kappa shape index (κ1) is 16.4. The zero-order valence-corrected chi connectivity index (χ0v) is 15.0. The van der Waals surface area contributed by atoms with E-state index < -0.39 is 22.8 Å². The highest BCUT2D eigenvalue weighted by molar-refractivity contribution is 5.95. The Morgan fingerprint density at radius 3 is 2.42 bits per heavy atom. The number of hydrogen-bond acceptors (Lipinski definition) is 5. The fraction of sp³-hybridized carbons (Fsp3) is 0.316. The zero-order valence-electron chi connectivity index (χ0n) is 15.0. The number of nitrogens with one attached hydrogen (secondary N) is 1. The summed E-state index contributed by atoms with van der Waals surface area (Å²) in [4.78, 5) is 38.0. The van der Waals surface area contributed by atoms with Crippen LogP contribution in [0.1, 0.15) is 30.9 Å². The Bertz CT molecular complexity index is 1230. The highest BCUT2D eigenvalue weighted by Gasteiger charge is 2.37. The molecule has 1 aliphatic rings. The molecule has 7 nitrogen and oxygen atoms in total. The summed E-state index contributed by atoms with van der Waals surface area (Å²) in [6.07, 6.45) is 0. The van der Waals surface area contributed by atoms with Crippen molar-refractivity contribution in [3.8, 4) is 0 Å². The molecular formula is C19H19N3O4. The Kier molecular flexibility index (Phi) is 3.44. The van der Waals surface area contributed by atoms with Crippen molar-refractivity contribution in [1.82, 2.24) is 9.13 Å². The molecule has 0 aliphatic carbocycles. The van der Waals surface area contributed by atoms with Gasteiger partial charge in [0.15, 0.2) is 0 Å². The number of para-hydroxylation sites is 1. The number of benzene rings is 1. The molecule has 1 aliphatic heterocycles. The summed E-state index contributed by atoms with van der Waals surface area (Å²) in [7, 11) is 3.06. The van der Waals surface area contributed by atoms with E-state index in [2.05, 4.69) is 5.32 Å². The van der Waals surface area contributed by atoms with E-state index in [0.29, 0.717) is 28.2 Å². The molecule has 1 aromatic carbocycles. The first-order valence-electron chi connectivity index (χ1n) is 8.45. The fourth-order valence-electron chi connectivity index (χ4n) is 3.81. The average molecular weight is 353 g/mol. The molecule has 3 heterocycles. The first-order chi connectivity index (χ1) is 12.3. The molecule has 0 saturated heterocycles. The van der Waals surface area contributed by atoms with Gasteiger partial charge in [-0.2, -0.15) is 0 Å². The van der Waals surface area contributed by atoms with Gasteiger partial charge < -0.3 is 9.73 Å². The molecule has 2 aromatic heterocycles. The largest absolute Gasteiger partial charge is 0.422 e. The normalized spacial score (nSPS) is 15.7. The standard InChI is InChI=1S/C19H19N3O4/c1-9(2)12-13-15(10-7-5-6-8-11(10)26-18(13)24)20-16-14(12)17(23)22(4)19(25)21(16)3/h5-9,12,20H,1-4H3. The maximum absolute atomic E-state index is 12.9. The van der Waals surface area contributed by atoms with Gasteiger partial charge in [0, 0.05) is 25.4 Å². The van der Waals surface area contributed by atoms with Crippen LogP contribution in [0.2, 0.25) is 0 Å². The van der Waals surface area contributed by atoms with Crippen molar-refractivity contribution in [2.75, 3.05) is 5.32 Å². The van der Waals surface area contributed by atoms with Crippen molar-refractivity contribution in [3.05, 3.63) is 66.7 Å². The molecule has 1 N–H and O–H groups in total. The molecule has 0 amide bonds. The third-order valence-corrected chi connectivity index (χ3v) is 5.08. The second-order valence-corrected chi connectivity index (χ2v) is 6.99. The molecule has 0 spiro atoms. The smallest absolute Gasteiger partial charge is 0.342 e. The van der Waals surface area contributed by atoms with Gasteiger partial charge in [0.1, 0.15) is 11.4 Å². The molecule has 26 heavy (non-hydrogen) atoms. The van der Waals surface area contributed by atoms with E-state index >= 15 is 0 Å². The van der Waals surface area contributed by atoms with Crippen molar-refractivity contribution < 1.29 is 4.42 Å².